The van der Waals surface area contributed by atoms with Crippen LogP contribution in [0.5, 0.6) is 0 Å². The van der Waals surface area contributed by atoms with Crippen molar-refractivity contribution in [1.82, 2.24) is 15.3 Å². The zero-order valence-corrected chi connectivity index (χ0v) is 10.3. The molecule has 0 aliphatic rings. The van der Waals surface area contributed by atoms with Gasteiger partial charge in [-0.2, -0.15) is 0 Å². The van der Waals surface area contributed by atoms with Crippen molar-refractivity contribution >= 4 is 17.7 Å². The second kappa shape index (κ2) is 5.27. The topological polar surface area (TPSA) is 75.1 Å². The van der Waals surface area contributed by atoms with Crippen molar-refractivity contribution in [1.29, 1.82) is 0 Å². The first-order valence-electron chi connectivity index (χ1n) is 4.82. The van der Waals surface area contributed by atoms with Crippen LogP contribution in [0, 0.1) is 6.92 Å². The van der Waals surface area contributed by atoms with Crippen molar-refractivity contribution in [3.05, 3.63) is 18.0 Å². The Labute approximate surface area is 98.7 Å². The lowest BCUT2D eigenvalue weighted by molar-refractivity contribution is -0.142. The van der Waals surface area contributed by atoms with E-state index in [0.29, 0.717) is 10.9 Å². The van der Waals surface area contributed by atoms with Gasteiger partial charge >= 0.3 is 5.97 Å². The zero-order chi connectivity index (χ0) is 12.2. The average Bonchev–Trinajstić information content (AvgIpc) is 2.27. The molecule has 0 spiro atoms. The number of thioether (sulfide) groups is 1. The summed E-state index contributed by atoms with van der Waals surface area (Å²) in [6.45, 7) is 3.54. The first kappa shape index (κ1) is 12.9. The molecule has 1 rings (SSSR count). The highest BCUT2D eigenvalue weighted by Gasteiger charge is 2.31. The lowest BCUT2D eigenvalue weighted by Gasteiger charge is -2.22. The molecule has 0 aliphatic carbocycles. The van der Waals surface area contributed by atoms with Gasteiger partial charge in [0, 0.05) is 18.1 Å². The molecule has 0 aliphatic heterocycles. The van der Waals surface area contributed by atoms with Gasteiger partial charge in [0.1, 0.15) is 5.54 Å². The van der Waals surface area contributed by atoms with Crippen LogP contribution < -0.4 is 5.32 Å². The fraction of sp³-hybridized carbons (Fsp3) is 0.500. The van der Waals surface area contributed by atoms with Crippen molar-refractivity contribution in [3.63, 3.8) is 0 Å². The monoisotopic (exact) mass is 241 g/mol. The summed E-state index contributed by atoms with van der Waals surface area (Å²) in [7, 11) is 1.63. The molecule has 1 unspecified atom stereocenters. The number of hydrogen-bond acceptors (Lipinski definition) is 5. The van der Waals surface area contributed by atoms with E-state index >= 15 is 0 Å². The number of nitrogens with one attached hydrogen (secondary N) is 1. The Kier molecular flexibility index (Phi) is 4.26. The van der Waals surface area contributed by atoms with Crippen LogP contribution in [0.4, 0.5) is 0 Å². The fourth-order valence-corrected chi connectivity index (χ4v) is 1.85. The molecule has 5 nitrogen and oxygen atoms in total. The van der Waals surface area contributed by atoms with E-state index in [4.69, 9.17) is 5.11 Å². The van der Waals surface area contributed by atoms with Crippen LogP contribution in [-0.4, -0.2) is 39.4 Å². The zero-order valence-electron chi connectivity index (χ0n) is 9.52. The van der Waals surface area contributed by atoms with E-state index in [0.717, 1.165) is 5.56 Å². The first-order chi connectivity index (χ1) is 7.48. The molecule has 6 heteroatoms. The Morgan fingerprint density at radius 1 is 1.56 bits per heavy atom. The van der Waals surface area contributed by atoms with Gasteiger partial charge in [-0.15, -0.1) is 0 Å². The molecule has 0 aromatic carbocycles. The first-order valence-corrected chi connectivity index (χ1v) is 5.80. The van der Waals surface area contributed by atoms with Crippen LogP contribution in [0.2, 0.25) is 0 Å². The molecular weight excluding hydrogens is 226 g/mol. The second-order valence-corrected chi connectivity index (χ2v) is 4.66. The largest absolute Gasteiger partial charge is 0.480 e. The summed E-state index contributed by atoms with van der Waals surface area (Å²) in [6, 6.07) is 0. The lowest BCUT2D eigenvalue weighted by atomic mass is 10.1. The third-order valence-electron chi connectivity index (χ3n) is 2.27. The number of aryl methyl sites for hydroxylation is 1. The third kappa shape index (κ3) is 3.18. The molecule has 1 heterocycles. The number of carboxylic acids is 1. The molecule has 0 bridgehead atoms. The highest BCUT2D eigenvalue weighted by molar-refractivity contribution is 7.99. The van der Waals surface area contributed by atoms with E-state index in [1.54, 1.807) is 26.4 Å². The molecule has 0 fully saturated rings. The molecule has 1 atom stereocenters. The van der Waals surface area contributed by atoms with Crippen molar-refractivity contribution in [3.8, 4) is 0 Å². The van der Waals surface area contributed by atoms with E-state index < -0.39 is 11.5 Å². The highest BCUT2D eigenvalue weighted by Crippen LogP contribution is 2.19. The molecule has 2 N–H and O–H groups in total. The molecule has 1 aromatic heterocycles. The lowest BCUT2D eigenvalue weighted by Crippen LogP contribution is -2.49. The smallest absolute Gasteiger partial charge is 0.324 e. The quantitative estimate of drug-likeness (QED) is 0.590. The Hall–Kier alpha value is -1.14. The predicted octanol–water partition coefficient (Wildman–Crippen LogP) is 0.940. The van der Waals surface area contributed by atoms with Gasteiger partial charge in [0.25, 0.3) is 0 Å². The maximum atomic E-state index is 11.0. The van der Waals surface area contributed by atoms with E-state index in [2.05, 4.69) is 15.3 Å². The summed E-state index contributed by atoms with van der Waals surface area (Å²) in [5, 5.41) is 12.4. The molecule has 0 saturated carbocycles. The summed E-state index contributed by atoms with van der Waals surface area (Å²) in [6.07, 6.45) is 3.43. The third-order valence-corrected chi connectivity index (χ3v) is 3.46. The number of aromatic nitrogens is 2. The van der Waals surface area contributed by atoms with Crippen molar-refractivity contribution < 1.29 is 9.90 Å². The molecule has 16 heavy (non-hydrogen) atoms. The number of rotatable bonds is 5. The summed E-state index contributed by atoms with van der Waals surface area (Å²) in [5.41, 5.74) is 0.0257. The average molecular weight is 241 g/mol. The van der Waals surface area contributed by atoms with E-state index in [1.165, 1.54) is 11.8 Å². The van der Waals surface area contributed by atoms with E-state index in [1.807, 2.05) is 6.92 Å². The van der Waals surface area contributed by atoms with Crippen molar-refractivity contribution in [2.75, 3.05) is 12.8 Å². The van der Waals surface area contributed by atoms with Gasteiger partial charge in [0.2, 0.25) is 0 Å². The van der Waals surface area contributed by atoms with Gasteiger partial charge in [-0.25, -0.2) is 9.97 Å². The van der Waals surface area contributed by atoms with Gasteiger partial charge in [-0.05, 0) is 26.5 Å². The van der Waals surface area contributed by atoms with Crippen LogP contribution in [0.3, 0.4) is 0 Å². The van der Waals surface area contributed by atoms with Crippen LogP contribution in [0.15, 0.2) is 17.6 Å². The van der Waals surface area contributed by atoms with Gasteiger partial charge in [-0.3, -0.25) is 4.79 Å². The Bertz CT molecular complexity index is 369. The van der Waals surface area contributed by atoms with Gasteiger partial charge in [-0.1, -0.05) is 11.8 Å². The van der Waals surface area contributed by atoms with Crippen LogP contribution in [0.1, 0.15) is 12.5 Å². The summed E-state index contributed by atoms with van der Waals surface area (Å²) in [5.74, 6) is -0.503. The summed E-state index contributed by atoms with van der Waals surface area (Å²) in [4.78, 5) is 19.2. The molecule has 0 radical (unpaired) electrons. The van der Waals surface area contributed by atoms with Crippen LogP contribution >= 0.6 is 11.8 Å². The van der Waals surface area contributed by atoms with Gasteiger partial charge in [0.15, 0.2) is 5.16 Å². The summed E-state index contributed by atoms with van der Waals surface area (Å²) < 4.78 is 0. The number of likely N-dealkylation sites (N-methyl/N-ethyl adjacent to an activating group) is 1. The Morgan fingerprint density at radius 2 is 2.12 bits per heavy atom. The SMILES string of the molecule is CNC(C)(CSc1ncc(C)cn1)C(=O)O. The van der Waals surface area contributed by atoms with Crippen LogP contribution in [-0.2, 0) is 4.79 Å². The molecular formula is C10H15N3O2S. The number of nitrogens with zero attached hydrogens (tertiary/aromatic N) is 2. The fourth-order valence-electron chi connectivity index (χ4n) is 0.905. The van der Waals surface area contributed by atoms with Crippen molar-refractivity contribution in [2.45, 2.75) is 24.5 Å². The van der Waals surface area contributed by atoms with Gasteiger partial charge in [0.05, 0.1) is 0 Å². The Balaban J connectivity index is 2.63. The summed E-state index contributed by atoms with van der Waals surface area (Å²) >= 11 is 1.32. The van der Waals surface area contributed by atoms with Crippen LogP contribution in [0.25, 0.3) is 0 Å². The minimum absolute atomic E-state index is 0.377. The standard InChI is InChI=1S/C10H15N3O2S/c1-7-4-12-9(13-5-7)16-6-10(2,11-3)8(14)15/h4-5,11H,6H2,1-3H3,(H,14,15). The Morgan fingerprint density at radius 3 is 2.56 bits per heavy atom. The maximum absolute atomic E-state index is 11.0. The number of carbonyl (C=O) groups is 1. The number of carboxylic acid groups (broad SMARTS) is 1. The molecule has 88 valence electrons. The van der Waals surface area contributed by atoms with Gasteiger partial charge < -0.3 is 10.4 Å². The van der Waals surface area contributed by atoms with E-state index in [-0.39, 0.29) is 0 Å². The minimum Gasteiger partial charge on any atom is -0.480 e. The molecule has 0 saturated heterocycles. The predicted molar refractivity (Wildman–Crippen MR) is 62.6 cm³/mol. The minimum atomic E-state index is -0.959. The molecule has 1 aromatic rings. The van der Waals surface area contributed by atoms with Crippen molar-refractivity contribution in [2.24, 2.45) is 0 Å². The number of hydrogen-bond donors (Lipinski definition) is 2. The highest BCUT2D eigenvalue weighted by atomic mass is 32.2. The molecule has 0 amide bonds. The number of aliphatic carboxylic acids is 1. The van der Waals surface area contributed by atoms with E-state index in [9.17, 15) is 4.79 Å². The maximum Gasteiger partial charge on any atom is 0.324 e. The second-order valence-electron chi connectivity index (χ2n) is 3.72. The normalized spacial score (nSPS) is 14.4.